The fraction of sp³-hybridized carbons (Fsp3) is 0.692. The molecule has 0 aromatic heterocycles. The number of imide groups is 1. The molecule has 4 aliphatic rings. The lowest BCUT2D eigenvalue weighted by molar-refractivity contribution is -0.142. The number of allylic oxidation sites excluding steroid dienone is 2. The van der Waals surface area contributed by atoms with Crippen molar-refractivity contribution >= 4 is 21.7 Å². The SMILES string of the molecule is O=C1[C@@H]2[C@H](C(=O)N1[C@H]1CCS(=O)(=O)C1)[C@@H]1C=C[C@@H]2C1. The Bertz CT molecular complexity index is 578. The first-order chi connectivity index (χ1) is 8.98. The molecule has 2 bridgehead atoms. The van der Waals surface area contributed by atoms with E-state index >= 15 is 0 Å². The summed E-state index contributed by atoms with van der Waals surface area (Å²) in [5.41, 5.74) is 0. The molecule has 2 saturated heterocycles. The van der Waals surface area contributed by atoms with Gasteiger partial charge in [-0.3, -0.25) is 14.5 Å². The van der Waals surface area contributed by atoms with E-state index in [1.807, 2.05) is 12.2 Å². The zero-order chi connectivity index (χ0) is 13.4. The standard InChI is InChI=1S/C13H15NO4S/c15-12-10-7-1-2-8(5-7)11(10)13(16)14(12)9-3-4-19(17,18)6-9/h1-2,7-11H,3-6H2/t7-,8-,9+,10-,11+/m1/s1. The number of hydrogen-bond acceptors (Lipinski definition) is 4. The van der Waals surface area contributed by atoms with Gasteiger partial charge in [0.15, 0.2) is 9.84 Å². The van der Waals surface area contributed by atoms with Crippen molar-refractivity contribution in [2.24, 2.45) is 23.7 Å². The predicted molar refractivity (Wildman–Crippen MR) is 66.6 cm³/mol. The van der Waals surface area contributed by atoms with Gasteiger partial charge in [0.2, 0.25) is 11.8 Å². The lowest BCUT2D eigenvalue weighted by atomic mass is 9.85. The van der Waals surface area contributed by atoms with Gasteiger partial charge in [-0.05, 0) is 24.7 Å². The third-order valence-electron chi connectivity index (χ3n) is 5.08. The van der Waals surface area contributed by atoms with Gasteiger partial charge < -0.3 is 0 Å². The van der Waals surface area contributed by atoms with Crippen molar-refractivity contribution in [1.29, 1.82) is 0 Å². The number of amides is 2. The van der Waals surface area contributed by atoms with Gasteiger partial charge in [-0.2, -0.15) is 0 Å². The van der Waals surface area contributed by atoms with Crippen LogP contribution in [0.3, 0.4) is 0 Å². The number of hydrogen-bond donors (Lipinski definition) is 0. The van der Waals surface area contributed by atoms with E-state index < -0.39 is 15.9 Å². The van der Waals surface area contributed by atoms with Crippen LogP contribution in [0.1, 0.15) is 12.8 Å². The molecule has 2 amide bonds. The third-order valence-corrected chi connectivity index (χ3v) is 6.83. The smallest absolute Gasteiger partial charge is 0.234 e. The highest BCUT2D eigenvalue weighted by atomic mass is 32.2. The van der Waals surface area contributed by atoms with Crippen molar-refractivity contribution in [3.05, 3.63) is 12.2 Å². The van der Waals surface area contributed by atoms with E-state index in [1.165, 1.54) is 4.90 Å². The van der Waals surface area contributed by atoms with E-state index in [1.54, 1.807) is 0 Å². The van der Waals surface area contributed by atoms with Crippen molar-refractivity contribution in [3.8, 4) is 0 Å². The van der Waals surface area contributed by atoms with Crippen LogP contribution in [-0.2, 0) is 19.4 Å². The molecular formula is C13H15NO4S. The van der Waals surface area contributed by atoms with E-state index in [0.717, 1.165) is 6.42 Å². The average molecular weight is 281 g/mol. The van der Waals surface area contributed by atoms with E-state index in [2.05, 4.69) is 0 Å². The van der Waals surface area contributed by atoms with Crippen molar-refractivity contribution in [1.82, 2.24) is 4.90 Å². The van der Waals surface area contributed by atoms with E-state index in [0.29, 0.717) is 6.42 Å². The molecular weight excluding hydrogens is 266 g/mol. The molecule has 6 heteroatoms. The highest BCUT2D eigenvalue weighted by molar-refractivity contribution is 7.91. The minimum Gasteiger partial charge on any atom is -0.278 e. The van der Waals surface area contributed by atoms with Gasteiger partial charge in [-0.1, -0.05) is 12.2 Å². The summed E-state index contributed by atoms with van der Waals surface area (Å²) in [6.45, 7) is 0. The first kappa shape index (κ1) is 11.6. The molecule has 5 nitrogen and oxygen atoms in total. The Morgan fingerprint density at radius 1 is 1.05 bits per heavy atom. The van der Waals surface area contributed by atoms with Crippen LogP contribution in [0.4, 0.5) is 0 Å². The largest absolute Gasteiger partial charge is 0.278 e. The molecule has 5 atom stereocenters. The zero-order valence-electron chi connectivity index (χ0n) is 10.4. The Morgan fingerprint density at radius 2 is 1.63 bits per heavy atom. The fourth-order valence-corrected chi connectivity index (χ4v) is 5.96. The normalized spacial score (nSPS) is 46.3. The number of nitrogens with zero attached hydrogens (tertiary/aromatic N) is 1. The van der Waals surface area contributed by atoms with Gasteiger partial charge in [0.1, 0.15) is 0 Å². The van der Waals surface area contributed by atoms with Crippen molar-refractivity contribution in [2.75, 3.05) is 11.5 Å². The van der Waals surface area contributed by atoms with Crippen LogP contribution in [0.25, 0.3) is 0 Å². The Hall–Kier alpha value is -1.17. The summed E-state index contributed by atoms with van der Waals surface area (Å²) < 4.78 is 23.1. The van der Waals surface area contributed by atoms with E-state index in [9.17, 15) is 18.0 Å². The summed E-state index contributed by atoms with van der Waals surface area (Å²) in [6, 6.07) is -0.421. The zero-order valence-corrected chi connectivity index (χ0v) is 11.2. The number of rotatable bonds is 1. The van der Waals surface area contributed by atoms with Crippen LogP contribution in [0, 0.1) is 23.7 Å². The van der Waals surface area contributed by atoms with Crippen molar-refractivity contribution in [2.45, 2.75) is 18.9 Å². The monoisotopic (exact) mass is 281 g/mol. The molecule has 0 aromatic carbocycles. The van der Waals surface area contributed by atoms with Gasteiger partial charge in [-0.25, -0.2) is 8.42 Å². The maximum absolute atomic E-state index is 12.5. The van der Waals surface area contributed by atoms with Crippen LogP contribution in [0.5, 0.6) is 0 Å². The summed E-state index contributed by atoms with van der Waals surface area (Å²) in [6.07, 6.45) is 5.41. The van der Waals surface area contributed by atoms with Crippen molar-refractivity contribution < 1.29 is 18.0 Å². The molecule has 1 saturated carbocycles. The molecule has 19 heavy (non-hydrogen) atoms. The van der Waals surface area contributed by atoms with Gasteiger partial charge >= 0.3 is 0 Å². The molecule has 2 aliphatic carbocycles. The molecule has 0 radical (unpaired) electrons. The molecule has 2 aliphatic heterocycles. The first-order valence-electron chi connectivity index (χ1n) is 6.73. The third kappa shape index (κ3) is 1.43. The van der Waals surface area contributed by atoms with Crippen LogP contribution in [0.2, 0.25) is 0 Å². The quantitative estimate of drug-likeness (QED) is 0.500. The van der Waals surface area contributed by atoms with Crippen LogP contribution >= 0.6 is 0 Å². The summed E-state index contributed by atoms with van der Waals surface area (Å²) >= 11 is 0. The second-order valence-electron chi connectivity index (χ2n) is 6.10. The Balaban J connectivity index is 1.66. The average Bonchev–Trinajstić information content (AvgIpc) is 3.04. The van der Waals surface area contributed by atoms with Crippen LogP contribution < -0.4 is 0 Å². The van der Waals surface area contributed by atoms with Gasteiger partial charge in [-0.15, -0.1) is 0 Å². The Morgan fingerprint density at radius 3 is 2.11 bits per heavy atom. The molecule has 102 valence electrons. The molecule has 4 rings (SSSR count). The first-order valence-corrected chi connectivity index (χ1v) is 8.56. The topological polar surface area (TPSA) is 71.5 Å². The number of sulfone groups is 1. The molecule has 0 N–H and O–H groups in total. The lowest BCUT2D eigenvalue weighted by Crippen LogP contribution is -2.42. The Labute approximate surface area is 111 Å². The minimum atomic E-state index is -3.08. The van der Waals surface area contributed by atoms with Gasteiger partial charge in [0.25, 0.3) is 0 Å². The summed E-state index contributed by atoms with van der Waals surface area (Å²) in [7, 11) is -3.08. The second-order valence-corrected chi connectivity index (χ2v) is 8.33. The number of carbonyl (C=O) groups excluding carboxylic acids is 2. The lowest BCUT2D eigenvalue weighted by Gasteiger charge is -2.22. The van der Waals surface area contributed by atoms with Crippen LogP contribution in [-0.4, -0.2) is 42.7 Å². The summed E-state index contributed by atoms with van der Waals surface area (Å²) in [5, 5.41) is 0. The van der Waals surface area contributed by atoms with Crippen molar-refractivity contribution in [3.63, 3.8) is 0 Å². The highest BCUT2D eigenvalue weighted by Gasteiger charge is 2.60. The second kappa shape index (κ2) is 3.48. The molecule has 0 spiro atoms. The van der Waals surface area contributed by atoms with Gasteiger partial charge in [0, 0.05) is 0 Å². The molecule has 0 unspecified atom stereocenters. The molecule has 2 heterocycles. The van der Waals surface area contributed by atoms with E-state index in [-0.39, 0.29) is 47.0 Å². The minimum absolute atomic E-state index is 0.0489. The number of likely N-dealkylation sites (tertiary alicyclic amines) is 1. The highest BCUT2D eigenvalue weighted by Crippen LogP contribution is 2.53. The maximum atomic E-state index is 12.5. The summed E-state index contributed by atoms with van der Waals surface area (Å²) in [4.78, 5) is 26.2. The van der Waals surface area contributed by atoms with Crippen LogP contribution in [0.15, 0.2) is 12.2 Å². The fourth-order valence-electron chi connectivity index (χ4n) is 4.26. The molecule has 3 fully saturated rings. The predicted octanol–water partition coefficient (Wildman–Crippen LogP) is -0.0194. The molecule has 0 aromatic rings. The Kier molecular flexibility index (Phi) is 2.13. The van der Waals surface area contributed by atoms with E-state index in [4.69, 9.17) is 0 Å². The van der Waals surface area contributed by atoms with Gasteiger partial charge in [0.05, 0.1) is 29.4 Å². The summed E-state index contributed by atoms with van der Waals surface area (Å²) in [5.74, 6) is -0.273. The number of fused-ring (bicyclic) bond motifs is 5. The number of carbonyl (C=O) groups is 2. The maximum Gasteiger partial charge on any atom is 0.234 e.